The van der Waals surface area contributed by atoms with E-state index in [1.807, 2.05) is 18.2 Å². The van der Waals surface area contributed by atoms with Crippen LogP contribution in [0.2, 0.25) is 0 Å². The number of rotatable bonds is 2. The summed E-state index contributed by atoms with van der Waals surface area (Å²) in [6.07, 6.45) is 0.649. The number of halogens is 1. The summed E-state index contributed by atoms with van der Waals surface area (Å²) >= 11 is 0. The van der Waals surface area contributed by atoms with Crippen molar-refractivity contribution >= 4 is 11.6 Å². The van der Waals surface area contributed by atoms with Crippen molar-refractivity contribution in [1.29, 1.82) is 0 Å². The van der Waals surface area contributed by atoms with Gasteiger partial charge in [-0.2, -0.15) is 0 Å². The van der Waals surface area contributed by atoms with Gasteiger partial charge in [-0.1, -0.05) is 30.3 Å². The molecule has 0 aromatic heterocycles. The summed E-state index contributed by atoms with van der Waals surface area (Å²) in [4.78, 5) is 12.3. The second kappa shape index (κ2) is 5.66. The van der Waals surface area contributed by atoms with Crippen LogP contribution in [0.5, 0.6) is 0 Å². The Bertz CT molecular complexity index is 684. The highest BCUT2D eigenvalue weighted by atomic mass is 19.1. The topological polar surface area (TPSA) is 41.1 Å². The number of carbonyl (C=O) groups excluding carboxylic acids is 1. The summed E-state index contributed by atoms with van der Waals surface area (Å²) in [6, 6.07) is 12.5. The molecule has 0 saturated heterocycles. The van der Waals surface area contributed by atoms with Crippen LogP contribution in [-0.2, 0) is 17.8 Å². The molecule has 1 heterocycles. The third-order valence-corrected chi connectivity index (χ3v) is 3.92. The minimum atomic E-state index is -0.310. The van der Waals surface area contributed by atoms with Crippen LogP contribution in [0.25, 0.3) is 0 Å². The molecule has 3 rings (SSSR count). The van der Waals surface area contributed by atoms with E-state index >= 15 is 0 Å². The van der Waals surface area contributed by atoms with Gasteiger partial charge in [-0.3, -0.25) is 4.79 Å². The van der Waals surface area contributed by atoms with Gasteiger partial charge >= 0.3 is 0 Å². The largest absolute Gasteiger partial charge is 0.324 e. The molecule has 4 heteroatoms. The minimum absolute atomic E-state index is 0.127. The van der Waals surface area contributed by atoms with Crippen LogP contribution < -0.4 is 10.6 Å². The normalized spacial score (nSPS) is 17.1. The average molecular weight is 284 g/mol. The number of fused-ring (bicyclic) bond motifs is 1. The van der Waals surface area contributed by atoms with Crippen LogP contribution in [0.15, 0.2) is 42.5 Å². The van der Waals surface area contributed by atoms with E-state index in [0.717, 1.165) is 0 Å². The van der Waals surface area contributed by atoms with Crippen molar-refractivity contribution < 1.29 is 9.18 Å². The van der Waals surface area contributed by atoms with E-state index in [4.69, 9.17) is 0 Å². The lowest BCUT2D eigenvalue weighted by molar-refractivity contribution is -0.118. The zero-order valence-corrected chi connectivity index (χ0v) is 11.8. The monoisotopic (exact) mass is 284 g/mol. The number of carbonyl (C=O) groups is 1. The van der Waals surface area contributed by atoms with Gasteiger partial charge in [0.2, 0.25) is 5.91 Å². The van der Waals surface area contributed by atoms with Crippen LogP contribution >= 0.6 is 0 Å². The molecule has 2 aromatic carbocycles. The van der Waals surface area contributed by atoms with Gasteiger partial charge in [0.15, 0.2) is 0 Å². The molecule has 0 radical (unpaired) electrons. The van der Waals surface area contributed by atoms with Crippen molar-refractivity contribution in [3.8, 4) is 0 Å². The molecule has 1 aliphatic rings. The number of hydrogen-bond acceptors (Lipinski definition) is 2. The Morgan fingerprint density at radius 2 is 1.95 bits per heavy atom. The molecule has 1 amide bonds. The third kappa shape index (κ3) is 2.81. The molecule has 2 N–H and O–H groups in total. The molecule has 3 nitrogen and oxygen atoms in total. The highest BCUT2D eigenvalue weighted by molar-refractivity contribution is 5.95. The number of benzene rings is 2. The Morgan fingerprint density at radius 3 is 2.76 bits per heavy atom. The standard InChI is InChI=1S/C17H17FN2O/c1-11-14(18)7-4-8-15(11)20-17(21)16-9-12-5-2-3-6-13(12)10-19-16/h2-8,16,19H,9-10H2,1H3,(H,20,21)/t16-/m0/s1. The summed E-state index contributed by atoms with van der Waals surface area (Å²) in [5.41, 5.74) is 3.40. The summed E-state index contributed by atoms with van der Waals surface area (Å²) in [6.45, 7) is 2.34. The molecule has 1 atom stereocenters. The van der Waals surface area contributed by atoms with Crippen molar-refractivity contribution in [2.45, 2.75) is 25.9 Å². The molecular formula is C17H17FN2O. The average Bonchev–Trinajstić information content (AvgIpc) is 2.51. The first-order valence-electron chi connectivity index (χ1n) is 7.01. The van der Waals surface area contributed by atoms with Crippen molar-refractivity contribution in [1.82, 2.24) is 5.32 Å². The van der Waals surface area contributed by atoms with Gasteiger partial charge < -0.3 is 10.6 Å². The predicted molar refractivity (Wildman–Crippen MR) is 80.5 cm³/mol. The fourth-order valence-electron chi connectivity index (χ4n) is 2.60. The molecule has 2 aromatic rings. The number of amides is 1. The molecule has 0 aliphatic carbocycles. The smallest absolute Gasteiger partial charge is 0.241 e. The first-order chi connectivity index (χ1) is 10.1. The Morgan fingerprint density at radius 1 is 1.19 bits per heavy atom. The molecular weight excluding hydrogens is 267 g/mol. The van der Waals surface area contributed by atoms with E-state index in [1.165, 1.54) is 17.2 Å². The quantitative estimate of drug-likeness (QED) is 0.890. The second-order valence-corrected chi connectivity index (χ2v) is 5.31. The van der Waals surface area contributed by atoms with E-state index in [2.05, 4.69) is 16.7 Å². The van der Waals surface area contributed by atoms with Crippen molar-refractivity contribution in [3.63, 3.8) is 0 Å². The molecule has 21 heavy (non-hydrogen) atoms. The van der Waals surface area contributed by atoms with Crippen molar-refractivity contribution in [3.05, 3.63) is 65.0 Å². The van der Waals surface area contributed by atoms with Crippen LogP contribution in [0.4, 0.5) is 10.1 Å². The molecule has 1 aliphatic heterocycles. The fraction of sp³-hybridized carbons (Fsp3) is 0.235. The first kappa shape index (κ1) is 13.8. The molecule has 0 fully saturated rings. The van der Waals surface area contributed by atoms with Gasteiger partial charge in [0.05, 0.1) is 6.04 Å². The summed E-state index contributed by atoms with van der Waals surface area (Å²) in [5, 5.41) is 6.03. The van der Waals surface area contributed by atoms with Gasteiger partial charge in [0.25, 0.3) is 0 Å². The SMILES string of the molecule is Cc1c(F)cccc1NC(=O)[C@@H]1Cc2ccccc2CN1. The molecule has 108 valence electrons. The van der Waals surface area contributed by atoms with E-state index in [0.29, 0.717) is 24.2 Å². The third-order valence-electron chi connectivity index (χ3n) is 3.92. The van der Waals surface area contributed by atoms with Gasteiger partial charge in [0.1, 0.15) is 5.82 Å². The van der Waals surface area contributed by atoms with Crippen LogP contribution in [0.3, 0.4) is 0 Å². The molecule has 0 spiro atoms. The Kier molecular flexibility index (Phi) is 3.71. The fourth-order valence-corrected chi connectivity index (χ4v) is 2.60. The van der Waals surface area contributed by atoms with E-state index in [9.17, 15) is 9.18 Å². The maximum absolute atomic E-state index is 13.5. The highest BCUT2D eigenvalue weighted by Gasteiger charge is 2.24. The number of hydrogen-bond donors (Lipinski definition) is 2. The van der Waals surface area contributed by atoms with Gasteiger partial charge in [0, 0.05) is 17.8 Å². The Balaban J connectivity index is 1.74. The highest BCUT2D eigenvalue weighted by Crippen LogP contribution is 2.20. The number of anilines is 1. The summed E-state index contributed by atoms with van der Waals surface area (Å²) in [7, 11) is 0. The van der Waals surface area contributed by atoms with E-state index in [1.54, 1.807) is 19.1 Å². The van der Waals surface area contributed by atoms with Crippen molar-refractivity contribution in [2.75, 3.05) is 5.32 Å². The molecule has 0 unspecified atom stereocenters. The summed E-state index contributed by atoms with van der Waals surface area (Å²) < 4.78 is 13.5. The zero-order valence-electron chi connectivity index (χ0n) is 11.8. The van der Waals surface area contributed by atoms with E-state index < -0.39 is 0 Å². The Labute approximate surface area is 123 Å². The maximum atomic E-state index is 13.5. The van der Waals surface area contributed by atoms with Gasteiger partial charge in [-0.15, -0.1) is 0 Å². The van der Waals surface area contributed by atoms with Crippen LogP contribution in [0.1, 0.15) is 16.7 Å². The predicted octanol–water partition coefficient (Wildman–Crippen LogP) is 2.79. The lowest BCUT2D eigenvalue weighted by atomic mass is 9.95. The lowest BCUT2D eigenvalue weighted by Gasteiger charge is -2.25. The zero-order chi connectivity index (χ0) is 14.8. The van der Waals surface area contributed by atoms with Gasteiger partial charge in [-0.05, 0) is 36.6 Å². The summed E-state index contributed by atoms with van der Waals surface area (Å²) in [5.74, 6) is -0.437. The maximum Gasteiger partial charge on any atom is 0.241 e. The number of nitrogens with one attached hydrogen (secondary N) is 2. The van der Waals surface area contributed by atoms with Gasteiger partial charge in [-0.25, -0.2) is 4.39 Å². The molecule has 0 bridgehead atoms. The lowest BCUT2D eigenvalue weighted by Crippen LogP contribution is -2.44. The second-order valence-electron chi connectivity index (χ2n) is 5.31. The van der Waals surface area contributed by atoms with Crippen LogP contribution in [-0.4, -0.2) is 11.9 Å². The van der Waals surface area contributed by atoms with Crippen LogP contribution in [0, 0.1) is 12.7 Å². The minimum Gasteiger partial charge on any atom is -0.324 e. The first-order valence-corrected chi connectivity index (χ1v) is 7.01. The Hall–Kier alpha value is -2.20. The molecule has 0 saturated carbocycles. The van der Waals surface area contributed by atoms with E-state index in [-0.39, 0.29) is 17.8 Å². The van der Waals surface area contributed by atoms with Crippen molar-refractivity contribution in [2.24, 2.45) is 0 Å².